The molecule has 2 saturated carbocycles. The third-order valence-electron chi connectivity index (χ3n) is 9.61. The van der Waals surface area contributed by atoms with E-state index in [4.69, 9.17) is 13.8 Å². The van der Waals surface area contributed by atoms with Crippen molar-refractivity contribution in [3.8, 4) is 0 Å². The second kappa shape index (κ2) is 5.51. The summed E-state index contributed by atoms with van der Waals surface area (Å²) in [6.07, 6.45) is 1.35. The number of hydrogen-bond donors (Lipinski definition) is 0. The maximum absolute atomic E-state index is 6.91. The molecule has 2 aromatic carbocycles. The molecule has 1 aliphatic heterocycles. The minimum absolute atomic E-state index is 0.660. The average molecular weight is 395 g/mol. The summed E-state index contributed by atoms with van der Waals surface area (Å²) in [4.78, 5) is 4.87. The Labute approximate surface area is 181 Å². The van der Waals surface area contributed by atoms with Crippen LogP contribution in [-0.4, -0.2) is 25.2 Å². The Morgan fingerprint density at radius 1 is 0.933 bits per heavy atom. The zero-order valence-corrected chi connectivity index (χ0v) is 18.5. The van der Waals surface area contributed by atoms with Crippen LogP contribution in [0, 0.1) is 39.5 Å². The van der Waals surface area contributed by atoms with Gasteiger partial charge in [-0.1, -0.05) is 6.07 Å². The molecule has 1 heterocycles. The van der Waals surface area contributed by atoms with Crippen LogP contribution >= 0.6 is 0 Å². The summed E-state index contributed by atoms with van der Waals surface area (Å²) in [5, 5.41) is 0. The van der Waals surface area contributed by atoms with Crippen LogP contribution in [0.15, 0.2) is 12.1 Å². The molecular formula is C28H30N2. The zero-order valence-electron chi connectivity index (χ0n) is 18.5. The Hall–Kier alpha value is -1.80. The van der Waals surface area contributed by atoms with Crippen LogP contribution in [0.4, 0.5) is 5.69 Å². The topological polar surface area (TPSA) is 6.48 Å². The second-order valence-electron chi connectivity index (χ2n) is 10.7. The Bertz CT molecular complexity index is 1130. The summed E-state index contributed by atoms with van der Waals surface area (Å²) in [6.45, 7) is 23.2. The summed E-state index contributed by atoms with van der Waals surface area (Å²) in [5.74, 6) is 4.29. The van der Waals surface area contributed by atoms with Gasteiger partial charge < -0.3 is 4.90 Å². The van der Waals surface area contributed by atoms with Crippen molar-refractivity contribution >= 4 is 5.69 Å². The molecule has 6 atom stereocenters. The number of fused-ring (bicyclic) bond motifs is 15. The van der Waals surface area contributed by atoms with Gasteiger partial charge in [-0.15, -0.1) is 0 Å². The number of benzene rings is 2. The Balaban J connectivity index is 1.35. The molecule has 2 fully saturated rings. The average Bonchev–Trinajstić information content (AvgIpc) is 3.16. The number of aryl methyl sites for hydroxylation is 1. The highest BCUT2D eigenvalue weighted by Gasteiger charge is 2.68. The van der Waals surface area contributed by atoms with Gasteiger partial charge in [0.15, 0.2) is 0 Å². The third kappa shape index (κ3) is 1.80. The van der Waals surface area contributed by atoms with Crippen molar-refractivity contribution in [1.82, 2.24) is 4.90 Å². The molecule has 6 unspecified atom stereocenters. The maximum atomic E-state index is 6.91. The lowest BCUT2D eigenvalue weighted by Gasteiger charge is -2.56. The van der Waals surface area contributed by atoms with Gasteiger partial charge in [-0.25, -0.2) is 0 Å². The predicted molar refractivity (Wildman–Crippen MR) is 121 cm³/mol. The van der Waals surface area contributed by atoms with Gasteiger partial charge in [0.25, 0.3) is 0 Å². The van der Waals surface area contributed by atoms with Crippen LogP contribution < -0.4 is 4.90 Å². The number of anilines is 1. The zero-order chi connectivity index (χ0) is 20.6. The molecule has 2 bridgehead atoms. The molecule has 4 aliphatic carbocycles. The quantitative estimate of drug-likeness (QED) is 0.601. The minimum atomic E-state index is 0.660. The Morgan fingerprint density at radius 3 is 2.27 bits per heavy atom. The first-order valence-corrected chi connectivity index (χ1v) is 11.7. The third-order valence-corrected chi connectivity index (χ3v) is 9.61. The van der Waals surface area contributed by atoms with Crippen LogP contribution in [0.25, 0.3) is 0 Å². The van der Waals surface area contributed by atoms with Crippen molar-refractivity contribution in [1.29, 1.82) is 0 Å². The predicted octanol–water partition coefficient (Wildman–Crippen LogP) is 5.36. The highest BCUT2D eigenvalue weighted by atomic mass is 15.3. The molecule has 0 spiro atoms. The molecule has 30 heavy (non-hydrogen) atoms. The molecule has 2 heteroatoms. The van der Waals surface area contributed by atoms with Gasteiger partial charge in [-0.05, 0) is 140 Å². The van der Waals surface area contributed by atoms with Gasteiger partial charge in [0.05, 0.1) is 6.67 Å². The molecule has 2 nitrogen and oxygen atoms in total. The fourth-order valence-corrected chi connectivity index (χ4v) is 8.31. The largest absolute Gasteiger partial charge is 0.359 e. The van der Waals surface area contributed by atoms with E-state index in [9.17, 15) is 0 Å². The summed E-state index contributed by atoms with van der Waals surface area (Å²) >= 11 is 0. The van der Waals surface area contributed by atoms with E-state index in [0.29, 0.717) is 17.8 Å². The molecule has 2 aromatic rings. The first-order valence-electron chi connectivity index (χ1n) is 11.7. The van der Waals surface area contributed by atoms with Gasteiger partial charge in [0, 0.05) is 18.8 Å². The van der Waals surface area contributed by atoms with Gasteiger partial charge in [0.2, 0.25) is 0 Å². The minimum Gasteiger partial charge on any atom is -0.359 e. The number of nitrogens with zero attached hydrogens (tertiary/aromatic N) is 2. The summed E-state index contributed by atoms with van der Waals surface area (Å²) in [5.41, 5.74) is 13.7. The highest BCUT2D eigenvalue weighted by Crippen LogP contribution is 2.79. The Kier molecular flexibility index (Phi) is 3.28. The smallest absolute Gasteiger partial charge is 0.0707 e. The molecule has 0 N–H and O–H groups in total. The molecule has 5 aliphatic rings. The van der Waals surface area contributed by atoms with E-state index in [2.05, 4.69) is 49.8 Å². The van der Waals surface area contributed by atoms with Crippen LogP contribution in [-0.2, 0) is 6.54 Å². The first kappa shape index (κ1) is 17.8. The number of hydrogen-bond acceptors (Lipinski definition) is 2. The Morgan fingerprint density at radius 2 is 1.57 bits per heavy atom. The van der Waals surface area contributed by atoms with E-state index in [0.717, 1.165) is 48.6 Å². The first-order chi connectivity index (χ1) is 14.4. The van der Waals surface area contributed by atoms with Crippen molar-refractivity contribution in [3.05, 3.63) is 76.1 Å². The monoisotopic (exact) mass is 394 g/mol. The van der Waals surface area contributed by atoms with E-state index in [1.54, 1.807) is 11.1 Å². The second-order valence-corrected chi connectivity index (χ2v) is 10.7. The normalized spacial score (nSPS) is 34.5. The van der Waals surface area contributed by atoms with E-state index < -0.39 is 0 Å². The van der Waals surface area contributed by atoms with E-state index in [1.807, 2.05) is 0 Å². The fraction of sp³-hybridized carbons (Fsp3) is 0.500. The van der Waals surface area contributed by atoms with E-state index >= 15 is 0 Å². The molecule has 152 valence electrons. The lowest BCUT2D eigenvalue weighted by molar-refractivity contribution is 0.226. The molecule has 4 radical (unpaired) electrons. The molecule has 0 amide bonds. The standard InChI is InChI=1S/C28H30N2/c1-7-30-12-29(6)11-21-16(5)24-20(10-22(21)30)26-18-9-19(28(24)26)27-23-15(4)14(3)13(2)8-17(23)25(18)27/h4-5,8,10,18-19,25-28H,7,9,11-12H2,1-3,6H3. The van der Waals surface area contributed by atoms with E-state index in [-0.39, 0.29) is 0 Å². The maximum Gasteiger partial charge on any atom is 0.0707 e. The highest BCUT2D eigenvalue weighted by molar-refractivity contribution is 5.71. The summed E-state index contributed by atoms with van der Waals surface area (Å²) in [7, 11) is 2.20. The molecule has 0 aromatic heterocycles. The number of rotatable bonds is 1. The van der Waals surface area contributed by atoms with Crippen molar-refractivity contribution < 1.29 is 0 Å². The molecule has 0 saturated heterocycles. The molecule has 7 rings (SSSR count). The van der Waals surface area contributed by atoms with Crippen molar-refractivity contribution in [3.63, 3.8) is 0 Å². The summed E-state index contributed by atoms with van der Waals surface area (Å²) < 4.78 is 0. The fourth-order valence-electron chi connectivity index (χ4n) is 8.31. The van der Waals surface area contributed by atoms with Crippen molar-refractivity contribution in [2.75, 3.05) is 25.2 Å². The van der Waals surface area contributed by atoms with E-state index in [1.165, 1.54) is 39.9 Å². The van der Waals surface area contributed by atoms with Crippen LogP contribution in [0.5, 0.6) is 0 Å². The van der Waals surface area contributed by atoms with Crippen LogP contribution in [0.2, 0.25) is 0 Å². The van der Waals surface area contributed by atoms with Gasteiger partial charge >= 0.3 is 0 Å². The van der Waals surface area contributed by atoms with Gasteiger partial charge in [-0.2, -0.15) is 0 Å². The van der Waals surface area contributed by atoms with Crippen LogP contribution in [0.1, 0.15) is 87.1 Å². The van der Waals surface area contributed by atoms with Gasteiger partial charge in [0.1, 0.15) is 0 Å². The van der Waals surface area contributed by atoms with Crippen LogP contribution in [0.3, 0.4) is 0 Å². The van der Waals surface area contributed by atoms with Crippen molar-refractivity contribution in [2.45, 2.75) is 57.4 Å². The summed E-state index contributed by atoms with van der Waals surface area (Å²) in [6, 6.07) is 4.98. The SMILES string of the molecule is [CH]c1c(C)c(C)cc2c1C1C3CC(C21)C1c2cc4c(c([CH])c2C31)CN(C)CN4CC. The van der Waals surface area contributed by atoms with Gasteiger partial charge in [-0.3, -0.25) is 4.90 Å². The van der Waals surface area contributed by atoms with Crippen molar-refractivity contribution in [2.24, 2.45) is 11.8 Å². The lowest BCUT2D eigenvalue weighted by atomic mass is 9.48. The lowest BCUT2D eigenvalue weighted by Crippen LogP contribution is -2.45. The molecular weight excluding hydrogens is 364 g/mol.